The number of anilines is 1. The highest BCUT2D eigenvalue weighted by Crippen LogP contribution is 2.39. The molecule has 1 amide bonds. The van der Waals surface area contributed by atoms with Gasteiger partial charge in [-0.3, -0.25) is 15.4 Å². The third-order valence-corrected chi connectivity index (χ3v) is 3.24. The van der Waals surface area contributed by atoms with E-state index in [1.807, 2.05) is 5.32 Å². The molecule has 0 radical (unpaired) electrons. The molecule has 0 aliphatic rings. The van der Waals surface area contributed by atoms with E-state index in [2.05, 4.69) is 0 Å². The Morgan fingerprint density at radius 3 is 2.52 bits per heavy atom. The second-order valence-electron chi connectivity index (χ2n) is 4.90. The molecule has 132 valence electrons. The molecule has 0 aromatic heterocycles. The first-order valence-electron chi connectivity index (χ1n) is 7.12. The van der Waals surface area contributed by atoms with Crippen molar-refractivity contribution in [1.29, 1.82) is 0 Å². The quantitative estimate of drug-likeness (QED) is 0.449. The normalized spacial score (nSPS) is 10.3. The highest BCUT2D eigenvalue weighted by Gasteiger charge is 2.21. The standard InChI is InChI=1S/C16H15FN2O6/c1-24-6-7-25-15-9-13(18-16(20)21)14(19(22)23)8-12(15)10-2-4-11(17)5-3-10/h2-5,8-9,18H,6-7H2,1H3,(H,20,21). The Morgan fingerprint density at radius 2 is 1.96 bits per heavy atom. The number of amides is 1. The maximum Gasteiger partial charge on any atom is 0.409 e. The van der Waals surface area contributed by atoms with Gasteiger partial charge >= 0.3 is 6.09 Å². The molecular formula is C16H15FN2O6. The Hall–Kier alpha value is -3.20. The summed E-state index contributed by atoms with van der Waals surface area (Å²) in [6.07, 6.45) is -1.44. The summed E-state index contributed by atoms with van der Waals surface area (Å²) in [5, 5.41) is 22.1. The van der Waals surface area contributed by atoms with Gasteiger partial charge in [-0.05, 0) is 17.7 Å². The topological polar surface area (TPSA) is 111 Å². The summed E-state index contributed by atoms with van der Waals surface area (Å²) in [5.74, 6) is -0.248. The van der Waals surface area contributed by atoms with Crippen molar-refractivity contribution >= 4 is 17.5 Å². The lowest BCUT2D eigenvalue weighted by molar-refractivity contribution is -0.383. The summed E-state index contributed by atoms with van der Waals surface area (Å²) < 4.78 is 23.6. The molecule has 2 aromatic rings. The van der Waals surface area contributed by atoms with E-state index in [4.69, 9.17) is 14.6 Å². The van der Waals surface area contributed by atoms with Gasteiger partial charge in [0, 0.05) is 24.8 Å². The van der Waals surface area contributed by atoms with E-state index in [9.17, 15) is 19.3 Å². The van der Waals surface area contributed by atoms with Gasteiger partial charge in [0.25, 0.3) is 5.69 Å². The second-order valence-corrected chi connectivity index (χ2v) is 4.90. The van der Waals surface area contributed by atoms with Gasteiger partial charge in [0.1, 0.15) is 23.9 Å². The van der Waals surface area contributed by atoms with Gasteiger partial charge in [-0.25, -0.2) is 9.18 Å². The van der Waals surface area contributed by atoms with Crippen molar-refractivity contribution in [3.05, 3.63) is 52.3 Å². The Balaban J connectivity index is 2.56. The van der Waals surface area contributed by atoms with Crippen molar-refractivity contribution in [3.63, 3.8) is 0 Å². The lowest BCUT2D eigenvalue weighted by Crippen LogP contribution is -2.11. The van der Waals surface area contributed by atoms with E-state index < -0.39 is 22.5 Å². The van der Waals surface area contributed by atoms with Gasteiger partial charge in [0.15, 0.2) is 0 Å². The average Bonchev–Trinajstić information content (AvgIpc) is 2.55. The van der Waals surface area contributed by atoms with E-state index in [1.165, 1.54) is 43.5 Å². The number of carboxylic acid groups (broad SMARTS) is 1. The Kier molecular flexibility index (Phi) is 5.85. The number of nitrogens with one attached hydrogen (secondary N) is 1. The number of hydrogen-bond acceptors (Lipinski definition) is 5. The monoisotopic (exact) mass is 350 g/mol. The first kappa shape index (κ1) is 18.1. The lowest BCUT2D eigenvalue weighted by atomic mass is 10.0. The molecule has 0 heterocycles. The predicted octanol–water partition coefficient (Wildman–Crippen LogP) is 3.52. The molecule has 0 bridgehead atoms. The fraction of sp³-hybridized carbons (Fsp3) is 0.188. The van der Waals surface area contributed by atoms with Gasteiger partial charge in [0.05, 0.1) is 11.5 Å². The summed E-state index contributed by atoms with van der Waals surface area (Å²) >= 11 is 0. The van der Waals surface area contributed by atoms with E-state index in [-0.39, 0.29) is 24.7 Å². The second kappa shape index (κ2) is 8.06. The maximum atomic E-state index is 13.1. The Morgan fingerprint density at radius 1 is 1.28 bits per heavy atom. The smallest absolute Gasteiger partial charge is 0.409 e. The van der Waals surface area contributed by atoms with Crippen LogP contribution in [0.1, 0.15) is 0 Å². The molecule has 0 spiro atoms. The highest BCUT2D eigenvalue weighted by atomic mass is 19.1. The number of ether oxygens (including phenoxy) is 2. The average molecular weight is 350 g/mol. The van der Waals surface area contributed by atoms with Crippen LogP contribution in [0.25, 0.3) is 11.1 Å². The van der Waals surface area contributed by atoms with Crippen LogP contribution in [-0.2, 0) is 4.74 Å². The summed E-state index contributed by atoms with van der Waals surface area (Å²) in [6.45, 7) is 0.413. The number of nitro groups is 1. The minimum Gasteiger partial charge on any atom is -0.490 e. The summed E-state index contributed by atoms with van der Waals surface area (Å²) in [4.78, 5) is 21.4. The Labute approximate surface area is 141 Å². The van der Waals surface area contributed by atoms with Crippen LogP contribution in [0, 0.1) is 15.9 Å². The highest BCUT2D eigenvalue weighted by molar-refractivity contribution is 5.89. The molecule has 0 atom stereocenters. The number of hydrogen-bond donors (Lipinski definition) is 2. The zero-order valence-corrected chi connectivity index (χ0v) is 13.2. The third-order valence-electron chi connectivity index (χ3n) is 3.24. The van der Waals surface area contributed by atoms with E-state index in [1.54, 1.807) is 0 Å². The molecule has 0 aliphatic heterocycles. The SMILES string of the molecule is COCCOc1cc(NC(=O)O)c([N+](=O)[O-])cc1-c1ccc(F)cc1. The first-order chi connectivity index (χ1) is 11.9. The molecule has 9 heteroatoms. The van der Waals surface area contributed by atoms with Gasteiger partial charge in [0.2, 0.25) is 0 Å². The zero-order valence-electron chi connectivity index (χ0n) is 13.2. The molecule has 2 rings (SSSR count). The van der Waals surface area contributed by atoms with E-state index in [0.29, 0.717) is 11.1 Å². The minimum atomic E-state index is -1.44. The summed E-state index contributed by atoms with van der Waals surface area (Å²) in [7, 11) is 1.48. The number of benzene rings is 2. The molecule has 2 N–H and O–H groups in total. The molecular weight excluding hydrogens is 335 g/mol. The van der Waals surface area contributed by atoms with Crippen LogP contribution in [0.5, 0.6) is 5.75 Å². The largest absolute Gasteiger partial charge is 0.490 e. The number of carbonyl (C=O) groups is 1. The predicted molar refractivity (Wildman–Crippen MR) is 87.5 cm³/mol. The molecule has 0 saturated carbocycles. The molecule has 8 nitrogen and oxygen atoms in total. The van der Waals surface area contributed by atoms with Crippen LogP contribution in [0.3, 0.4) is 0 Å². The molecule has 25 heavy (non-hydrogen) atoms. The molecule has 0 saturated heterocycles. The van der Waals surface area contributed by atoms with Crippen molar-refractivity contribution in [2.75, 3.05) is 25.6 Å². The number of methoxy groups -OCH3 is 1. The third kappa shape index (κ3) is 4.64. The molecule has 0 aliphatic carbocycles. The summed E-state index contributed by atoms with van der Waals surface area (Å²) in [6, 6.07) is 7.72. The van der Waals surface area contributed by atoms with Crippen LogP contribution < -0.4 is 10.1 Å². The van der Waals surface area contributed by atoms with Crippen molar-refractivity contribution in [2.24, 2.45) is 0 Å². The van der Waals surface area contributed by atoms with Crippen LogP contribution in [0.4, 0.5) is 20.6 Å². The number of halogens is 1. The number of nitrogens with zero attached hydrogens (tertiary/aromatic N) is 1. The van der Waals surface area contributed by atoms with Crippen LogP contribution in [0.2, 0.25) is 0 Å². The van der Waals surface area contributed by atoms with Crippen LogP contribution in [-0.4, -0.2) is 36.4 Å². The van der Waals surface area contributed by atoms with Gasteiger partial charge < -0.3 is 14.6 Å². The molecule has 2 aromatic carbocycles. The van der Waals surface area contributed by atoms with E-state index in [0.717, 1.165) is 0 Å². The zero-order chi connectivity index (χ0) is 18.4. The fourth-order valence-electron chi connectivity index (χ4n) is 2.14. The molecule has 0 unspecified atom stereocenters. The van der Waals surface area contributed by atoms with Gasteiger partial charge in [-0.1, -0.05) is 12.1 Å². The minimum absolute atomic E-state index is 0.148. The Bertz CT molecular complexity index is 779. The van der Waals surface area contributed by atoms with Gasteiger partial charge in [-0.2, -0.15) is 0 Å². The summed E-state index contributed by atoms with van der Waals surface area (Å²) in [5.41, 5.74) is 0.147. The molecule has 0 fully saturated rings. The first-order valence-corrected chi connectivity index (χ1v) is 7.12. The fourth-order valence-corrected chi connectivity index (χ4v) is 2.14. The van der Waals surface area contributed by atoms with Crippen LogP contribution >= 0.6 is 0 Å². The van der Waals surface area contributed by atoms with Crippen molar-refractivity contribution in [2.45, 2.75) is 0 Å². The van der Waals surface area contributed by atoms with Crippen LogP contribution in [0.15, 0.2) is 36.4 Å². The van der Waals surface area contributed by atoms with Crippen molar-refractivity contribution in [1.82, 2.24) is 0 Å². The van der Waals surface area contributed by atoms with Crippen molar-refractivity contribution in [3.8, 4) is 16.9 Å². The number of rotatable bonds is 7. The number of nitro benzene ring substituents is 1. The van der Waals surface area contributed by atoms with Crippen molar-refractivity contribution < 1.29 is 28.7 Å². The van der Waals surface area contributed by atoms with Gasteiger partial charge in [-0.15, -0.1) is 0 Å². The van der Waals surface area contributed by atoms with E-state index >= 15 is 0 Å². The lowest BCUT2D eigenvalue weighted by Gasteiger charge is -2.14. The maximum absolute atomic E-state index is 13.1.